The third-order valence-corrected chi connectivity index (χ3v) is 1.65. The topological polar surface area (TPSA) is 36.1 Å². The molecule has 1 heterocycles. The molecule has 0 spiro atoms. The Morgan fingerprint density at radius 2 is 2.36 bits per heavy atom. The van der Waals surface area contributed by atoms with Crippen molar-refractivity contribution < 1.29 is 0 Å². The highest BCUT2D eigenvalue weighted by molar-refractivity contribution is 6.68. The fourth-order valence-corrected chi connectivity index (χ4v) is 0.798. The van der Waals surface area contributed by atoms with Crippen LogP contribution in [0.4, 0.5) is 0 Å². The van der Waals surface area contributed by atoms with E-state index >= 15 is 0 Å². The van der Waals surface area contributed by atoms with Crippen molar-refractivity contribution >= 4 is 16.8 Å². The van der Waals surface area contributed by atoms with Crippen LogP contribution in [0.1, 0.15) is 6.92 Å². The van der Waals surface area contributed by atoms with Crippen molar-refractivity contribution in [3.05, 3.63) is 24.4 Å². The Kier molecular flexibility index (Phi) is 2.11. The summed E-state index contributed by atoms with van der Waals surface area (Å²) in [4.78, 5) is 3.83. The van der Waals surface area contributed by atoms with Gasteiger partial charge in [0.15, 0.2) is 0 Å². The Morgan fingerprint density at radius 3 is 3.00 bits per heavy atom. The fraction of sp³-hybridized carbons (Fsp3) is 0.250. The van der Waals surface area contributed by atoms with E-state index in [1.165, 1.54) is 0 Å². The third kappa shape index (κ3) is 1.92. The summed E-state index contributed by atoms with van der Waals surface area (Å²) < 4.78 is 0. The Balaban J connectivity index is 2.98. The second-order valence-electron chi connectivity index (χ2n) is 2.50. The Morgan fingerprint density at radius 1 is 1.64 bits per heavy atom. The lowest BCUT2D eigenvalue weighted by molar-refractivity contribution is 0.736. The molecule has 0 saturated carbocycles. The van der Waals surface area contributed by atoms with Crippen molar-refractivity contribution in [3.8, 4) is 6.07 Å². The van der Waals surface area contributed by atoms with E-state index in [4.69, 9.17) is 16.9 Å². The van der Waals surface area contributed by atoms with Gasteiger partial charge in [0.2, 0.25) is 0 Å². The third-order valence-electron chi connectivity index (χ3n) is 1.43. The first-order chi connectivity index (χ1) is 5.16. The minimum absolute atomic E-state index is 0.403. The van der Waals surface area contributed by atoms with E-state index in [2.05, 4.69) is 11.1 Å². The first kappa shape index (κ1) is 8.03. The molecule has 0 bridgehead atoms. The lowest BCUT2D eigenvalue weighted by atomic mass is 9.93. The van der Waals surface area contributed by atoms with Crippen LogP contribution in [0.3, 0.4) is 0 Å². The SMILES string of the molecule is C[C@@]1(C#N)C=CN=C(Cl)C=C1. The van der Waals surface area contributed by atoms with Gasteiger partial charge in [-0.05, 0) is 19.1 Å². The summed E-state index contributed by atoms with van der Waals surface area (Å²) in [6, 6.07) is 2.14. The van der Waals surface area contributed by atoms with Crippen LogP contribution in [0.5, 0.6) is 0 Å². The van der Waals surface area contributed by atoms with Gasteiger partial charge in [-0.1, -0.05) is 17.7 Å². The second-order valence-corrected chi connectivity index (χ2v) is 2.88. The highest BCUT2D eigenvalue weighted by atomic mass is 35.5. The molecule has 2 nitrogen and oxygen atoms in total. The number of nitriles is 1. The summed E-state index contributed by atoms with van der Waals surface area (Å²) in [6.45, 7) is 1.80. The maximum Gasteiger partial charge on any atom is 0.128 e. The standard InChI is InChI=1S/C8H7ClN2/c1-8(6-10)3-2-7(9)11-5-4-8/h2-5H,1H3/t8-/m0/s1. The van der Waals surface area contributed by atoms with Gasteiger partial charge in [-0.2, -0.15) is 5.26 Å². The van der Waals surface area contributed by atoms with Crippen molar-refractivity contribution in [1.82, 2.24) is 0 Å². The summed E-state index contributed by atoms with van der Waals surface area (Å²) in [5.41, 5.74) is -0.569. The summed E-state index contributed by atoms with van der Waals surface area (Å²) in [7, 11) is 0. The molecule has 56 valence electrons. The minimum Gasteiger partial charge on any atom is -0.245 e. The van der Waals surface area contributed by atoms with Gasteiger partial charge >= 0.3 is 0 Å². The average molecular weight is 167 g/mol. The molecule has 0 radical (unpaired) electrons. The zero-order valence-electron chi connectivity index (χ0n) is 6.08. The Labute approximate surface area is 70.5 Å². The normalized spacial score (nSPS) is 29.0. The molecule has 11 heavy (non-hydrogen) atoms. The van der Waals surface area contributed by atoms with E-state index in [0.29, 0.717) is 5.17 Å². The smallest absolute Gasteiger partial charge is 0.128 e. The number of hydrogen-bond donors (Lipinski definition) is 0. The maximum absolute atomic E-state index is 8.72. The zero-order chi connectivity index (χ0) is 8.32. The summed E-state index contributed by atoms with van der Waals surface area (Å²) in [5, 5.41) is 9.12. The number of nitrogens with zero attached hydrogens (tertiary/aromatic N) is 2. The lowest BCUT2D eigenvalue weighted by Gasteiger charge is -2.07. The molecule has 0 aromatic carbocycles. The first-order valence-electron chi connectivity index (χ1n) is 3.18. The largest absolute Gasteiger partial charge is 0.245 e. The molecule has 1 aliphatic heterocycles. The number of rotatable bonds is 0. The van der Waals surface area contributed by atoms with E-state index in [9.17, 15) is 0 Å². The van der Waals surface area contributed by atoms with Crippen LogP contribution in [0.15, 0.2) is 29.4 Å². The molecule has 0 unspecified atom stereocenters. The van der Waals surface area contributed by atoms with Crippen LogP contribution in [0.2, 0.25) is 0 Å². The van der Waals surface area contributed by atoms with E-state index in [-0.39, 0.29) is 0 Å². The molecule has 0 amide bonds. The van der Waals surface area contributed by atoms with Crippen LogP contribution in [-0.4, -0.2) is 5.17 Å². The predicted molar refractivity (Wildman–Crippen MR) is 45.3 cm³/mol. The zero-order valence-corrected chi connectivity index (χ0v) is 6.84. The van der Waals surface area contributed by atoms with E-state index in [1.54, 1.807) is 31.4 Å². The van der Waals surface area contributed by atoms with Crippen molar-refractivity contribution in [3.63, 3.8) is 0 Å². The summed E-state index contributed by atoms with van der Waals surface area (Å²) in [6.07, 6.45) is 6.61. The molecule has 0 aliphatic carbocycles. The Bertz CT molecular complexity index is 283. The van der Waals surface area contributed by atoms with Gasteiger partial charge in [0.1, 0.15) is 5.17 Å². The summed E-state index contributed by atoms with van der Waals surface area (Å²) >= 11 is 5.61. The molecule has 1 aliphatic rings. The summed E-state index contributed by atoms with van der Waals surface area (Å²) in [5.74, 6) is 0. The molecule has 0 aromatic rings. The first-order valence-corrected chi connectivity index (χ1v) is 3.56. The van der Waals surface area contributed by atoms with Gasteiger partial charge in [0, 0.05) is 6.20 Å². The highest BCUT2D eigenvalue weighted by Crippen LogP contribution is 2.21. The molecule has 0 N–H and O–H groups in total. The van der Waals surface area contributed by atoms with Crippen molar-refractivity contribution in [2.45, 2.75) is 6.92 Å². The van der Waals surface area contributed by atoms with Crippen molar-refractivity contribution in [2.75, 3.05) is 0 Å². The van der Waals surface area contributed by atoms with Crippen LogP contribution in [-0.2, 0) is 0 Å². The second kappa shape index (κ2) is 2.89. The van der Waals surface area contributed by atoms with Gasteiger partial charge in [-0.25, -0.2) is 4.99 Å². The predicted octanol–water partition coefficient (Wildman–Crippen LogP) is 2.24. The van der Waals surface area contributed by atoms with Gasteiger partial charge in [-0.3, -0.25) is 0 Å². The number of halogens is 1. The number of hydrogen-bond acceptors (Lipinski definition) is 2. The number of aliphatic imine (C=N–C) groups is 1. The van der Waals surface area contributed by atoms with E-state index in [0.717, 1.165) is 0 Å². The monoisotopic (exact) mass is 166 g/mol. The van der Waals surface area contributed by atoms with Gasteiger partial charge < -0.3 is 0 Å². The van der Waals surface area contributed by atoms with Crippen LogP contribution < -0.4 is 0 Å². The van der Waals surface area contributed by atoms with E-state index < -0.39 is 5.41 Å². The lowest BCUT2D eigenvalue weighted by Crippen LogP contribution is -2.04. The van der Waals surface area contributed by atoms with E-state index in [1.807, 2.05) is 0 Å². The molecular formula is C8H7ClN2. The van der Waals surface area contributed by atoms with Crippen molar-refractivity contribution in [2.24, 2.45) is 10.4 Å². The molecular weight excluding hydrogens is 160 g/mol. The Hall–Kier alpha value is -1.07. The maximum atomic E-state index is 8.72. The molecule has 0 saturated heterocycles. The molecule has 0 fully saturated rings. The average Bonchev–Trinajstić information content (AvgIpc) is 2.15. The molecule has 1 atom stereocenters. The van der Waals surface area contributed by atoms with Crippen LogP contribution in [0.25, 0.3) is 0 Å². The van der Waals surface area contributed by atoms with Gasteiger partial charge in [-0.15, -0.1) is 0 Å². The molecule has 3 heteroatoms. The van der Waals surface area contributed by atoms with Gasteiger partial charge in [0.25, 0.3) is 0 Å². The van der Waals surface area contributed by atoms with Crippen LogP contribution >= 0.6 is 11.6 Å². The van der Waals surface area contributed by atoms with Crippen molar-refractivity contribution in [1.29, 1.82) is 5.26 Å². The molecule has 1 rings (SSSR count). The molecule has 0 aromatic heterocycles. The highest BCUT2D eigenvalue weighted by Gasteiger charge is 2.16. The number of allylic oxidation sites excluding steroid dienone is 3. The fourth-order valence-electron chi connectivity index (χ4n) is 0.678. The quantitative estimate of drug-likeness (QED) is 0.544. The van der Waals surface area contributed by atoms with Crippen LogP contribution in [0, 0.1) is 16.7 Å². The minimum atomic E-state index is -0.569. The van der Waals surface area contributed by atoms with Gasteiger partial charge in [0.05, 0.1) is 11.5 Å².